The second-order valence-electron chi connectivity index (χ2n) is 5.87. The van der Waals surface area contributed by atoms with Crippen LogP contribution in [0, 0.1) is 0 Å². The number of nitrogens with zero attached hydrogens (tertiary/aromatic N) is 5. The third-order valence-electron chi connectivity index (χ3n) is 3.91. The van der Waals surface area contributed by atoms with Gasteiger partial charge in [0.05, 0.1) is 39.0 Å². The molecule has 0 radical (unpaired) electrons. The first-order chi connectivity index (χ1) is 11.6. The molecule has 0 aromatic carbocycles. The fourth-order valence-electron chi connectivity index (χ4n) is 2.72. The molecule has 0 aliphatic carbocycles. The highest BCUT2D eigenvalue weighted by molar-refractivity contribution is 7.73. The van der Waals surface area contributed by atoms with Gasteiger partial charge in [0.25, 0.3) is 7.44 Å². The molecule has 0 bridgehead atoms. The highest BCUT2D eigenvalue weighted by atomic mass is 32.1. The number of ether oxygens (including phenoxy) is 2. The minimum Gasteiger partial charge on any atom is -0.379 e. The van der Waals surface area contributed by atoms with Gasteiger partial charge in [0.15, 0.2) is 0 Å². The van der Waals surface area contributed by atoms with Crippen LogP contribution in [-0.4, -0.2) is 92.3 Å². The molecule has 24 heavy (non-hydrogen) atoms. The van der Waals surface area contributed by atoms with Crippen molar-refractivity contribution in [3.8, 4) is 0 Å². The van der Waals surface area contributed by atoms with E-state index in [1.807, 2.05) is 19.0 Å². The molecule has 0 N–H and O–H groups in total. The minimum atomic E-state index is -2.87. The van der Waals surface area contributed by atoms with E-state index < -0.39 is 7.44 Å². The van der Waals surface area contributed by atoms with Gasteiger partial charge in [-0.15, -0.1) is 0 Å². The van der Waals surface area contributed by atoms with Crippen LogP contribution < -0.4 is 4.62 Å². The number of thiazole rings is 1. The van der Waals surface area contributed by atoms with Crippen molar-refractivity contribution < 1.29 is 14.0 Å². The largest absolute Gasteiger partial charge is 0.379 e. The summed E-state index contributed by atoms with van der Waals surface area (Å²) in [5.41, 5.74) is 0. The number of aromatic nitrogens is 1. The molecule has 1 aromatic rings. The zero-order chi connectivity index (χ0) is 17.0. The Morgan fingerprint density at radius 1 is 1.17 bits per heavy atom. The molecule has 0 amide bonds. The lowest BCUT2D eigenvalue weighted by Gasteiger charge is -2.41. The Morgan fingerprint density at radius 3 is 2.21 bits per heavy atom. The smallest absolute Gasteiger partial charge is 0.257 e. The number of morpholine rings is 2. The Bertz CT molecular complexity index is 589. The van der Waals surface area contributed by atoms with E-state index in [-0.39, 0.29) is 0 Å². The standard InChI is InChI=1S/C14H24N5O3PS/c1-17(2)12-16-14-15-11-13(24-14)23(20,18-3-7-21-8-4-18)19-5-9-22-10-6-19/h11-12H,3-10H2,1-2H3. The molecule has 2 fully saturated rings. The van der Waals surface area contributed by atoms with Gasteiger partial charge in [0, 0.05) is 40.3 Å². The Balaban J connectivity index is 1.90. The van der Waals surface area contributed by atoms with E-state index in [1.165, 1.54) is 11.3 Å². The summed E-state index contributed by atoms with van der Waals surface area (Å²) in [6.07, 6.45) is 3.43. The topological polar surface area (TPSA) is 70.5 Å². The highest BCUT2D eigenvalue weighted by Gasteiger charge is 2.42. The molecular formula is C14H24N5O3PS. The summed E-state index contributed by atoms with van der Waals surface area (Å²) in [5.74, 6) is 0. The number of rotatable bonds is 5. The molecule has 134 valence electrons. The van der Waals surface area contributed by atoms with Crippen molar-refractivity contribution in [1.82, 2.24) is 19.2 Å². The van der Waals surface area contributed by atoms with Crippen molar-refractivity contribution in [2.24, 2.45) is 4.99 Å². The van der Waals surface area contributed by atoms with Crippen LogP contribution in [0.1, 0.15) is 0 Å². The predicted molar refractivity (Wildman–Crippen MR) is 96.0 cm³/mol. The number of aliphatic imine (C=N–C) groups is 1. The molecule has 1 aromatic heterocycles. The molecule has 3 rings (SSSR count). The van der Waals surface area contributed by atoms with Gasteiger partial charge in [-0.3, -0.25) is 4.57 Å². The van der Waals surface area contributed by atoms with Crippen LogP contribution in [0.3, 0.4) is 0 Å². The molecule has 3 heterocycles. The molecule has 2 aliphatic heterocycles. The SMILES string of the molecule is CN(C)C=Nc1ncc(P(=O)(N2CCOCC2)N2CCOCC2)s1. The normalized spacial score (nSPS) is 21.4. The third-order valence-corrected chi connectivity index (χ3v) is 8.63. The summed E-state index contributed by atoms with van der Waals surface area (Å²) >= 11 is 1.41. The highest BCUT2D eigenvalue weighted by Crippen LogP contribution is 2.54. The van der Waals surface area contributed by atoms with Crippen molar-refractivity contribution >= 4 is 34.9 Å². The molecule has 2 saturated heterocycles. The van der Waals surface area contributed by atoms with Crippen molar-refractivity contribution in [3.63, 3.8) is 0 Å². The molecule has 0 spiro atoms. The van der Waals surface area contributed by atoms with Crippen molar-refractivity contribution in [2.45, 2.75) is 0 Å². The van der Waals surface area contributed by atoms with Crippen LogP contribution in [0.5, 0.6) is 0 Å². The molecule has 0 unspecified atom stereocenters. The molecule has 10 heteroatoms. The van der Waals surface area contributed by atoms with E-state index in [0.717, 1.165) is 4.62 Å². The van der Waals surface area contributed by atoms with Gasteiger partial charge >= 0.3 is 0 Å². The summed E-state index contributed by atoms with van der Waals surface area (Å²) in [6.45, 7) is 5.12. The molecule has 8 nitrogen and oxygen atoms in total. The minimum absolute atomic E-state index is 0.610. The fourth-order valence-corrected chi connectivity index (χ4v) is 7.17. The maximum absolute atomic E-state index is 14.1. The third kappa shape index (κ3) is 3.87. The lowest BCUT2D eigenvalue weighted by molar-refractivity contribution is 0.0539. The van der Waals surface area contributed by atoms with Gasteiger partial charge in [-0.25, -0.2) is 19.3 Å². The van der Waals surface area contributed by atoms with E-state index >= 15 is 0 Å². The Hall–Kier alpha value is -0.830. The number of hydrogen-bond donors (Lipinski definition) is 0. The zero-order valence-electron chi connectivity index (χ0n) is 14.1. The predicted octanol–water partition coefficient (Wildman–Crippen LogP) is 0.847. The maximum atomic E-state index is 14.1. The van der Waals surface area contributed by atoms with Crippen molar-refractivity contribution in [3.05, 3.63) is 6.20 Å². The Morgan fingerprint density at radius 2 is 1.71 bits per heavy atom. The Labute approximate surface area is 146 Å². The molecule has 0 saturated carbocycles. The fraction of sp³-hybridized carbons (Fsp3) is 0.714. The molecule has 2 aliphatic rings. The quantitative estimate of drug-likeness (QED) is 0.430. The van der Waals surface area contributed by atoms with Crippen LogP contribution in [-0.2, 0) is 14.0 Å². The zero-order valence-corrected chi connectivity index (χ0v) is 15.8. The van der Waals surface area contributed by atoms with E-state index in [0.29, 0.717) is 57.7 Å². The van der Waals surface area contributed by atoms with Crippen LogP contribution in [0.15, 0.2) is 11.2 Å². The van der Waals surface area contributed by atoms with Crippen molar-refractivity contribution in [1.29, 1.82) is 0 Å². The lowest BCUT2D eigenvalue weighted by Crippen LogP contribution is -2.45. The average Bonchev–Trinajstić information content (AvgIpc) is 3.10. The summed E-state index contributed by atoms with van der Waals surface area (Å²) < 4.78 is 29.9. The van der Waals surface area contributed by atoms with Crippen LogP contribution in [0.25, 0.3) is 0 Å². The van der Waals surface area contributed by atoms with Gasteiger partial charge < -0.3 is 14.4 Å². The monoisotopic (exact) mass is 373 g/mol. The van der Waals surface area contributed by atoms with Gasteiger partial charge in [0.2, 0.25) is 5.13 Å². The average molecular weight is 373 g/mol. The molecule has 0 atom stereocenters. The maximum Gasteiger partial charge on any atom is 0.257 e. The summed E-state index contributed by atoms with van der Waals surface area (Å²) in [7, 11) is 0.940. The Kier molecular flexibility index (Phi) is 6.02. The van der Waals surface area contributed by atoms with Crippen LogP contribution in [0.2, 0.25) is 0 Å². The van der Waals surface area contributed by atoms with E-state index in [2.05, 4.69) is 19.3 Å². The summed E-state index contributed by atoms with van der Waals surface area (Å²) in [5, 5.41) is 0.625. The lowest BCUT2D eigenvalue weighted by atomic mass is 10.5. The van der Waals surface area contributed by atoms with Gasteiger partial charge in [0.1, 0.15) is 4.62 Å². The van der Waals surface area contributed by atoms with E-state index in [1.54, 1.807) is 12.5 Å². The second kappa shape index (κ2) is 8.03. The van der Waals surface area contributed by atoms with E-state index in [9.17, 15) is 4.57 Å². The first kappa shape index (κ1) is 18.0. The first-order valence-corrected chi connectivity index (χ1v) is 10.5. The van der Waals surface area contributed by atoms with Gasteiger partial charge in [-0.2, -0.15) is 0 Å². The van der Waals surface area contributed by atoms with Gasteiger partial charge in [-0.1, -0.05) is 11.3 Å². The summed E-state index contributed by atoms with van der Waals surface area (Å²) in [4.78, 5) is 10.5. The number of hydrogen-bond acceptors (Lipinski definition) is 6. The van der Waals surface area contributed by atoms with E-state index in [4.69, 9.17) is 9.47 Å². The van der Waals surface area contributed by atoms with Crippen molar-refractivity contribution in [2.75, 3.05) is 66.7 Å². The summed E-state index contributed by atoms with van der Waals surface area (Å²) in [6, 6.07) is 0. The van der Waals surface area contributed by atoms with Gasteiger partial charge in [-0.05, 0) is 0 Å². The second-order valence-corrected chi connectivity index (χ2v) is 9.88. The van der Waals surface area contributed by atoms with Crippen LogP contribution in [0.4, 0.5) is 5.13 Å². The molecular weight excluding hydrogens is 349 g/mol. The first-order valence-electron chi connectivity index (χ1n) is 8.04. The van der Waals surface area contributed by atoms with Crippen LogP contribution >= 0.6 is 18.8 Å².